The maximum absolute atomic E-state index is 12.0. The molecule has 6 heteroatoms. The zero-order valence-corrected chi connectivity index (χ0v) is 11.5. The summed E-state index contributed by atoms with van der Waals surface area (Å²) in [5, 5.41) is 6.59. The van der Waals surface area contributed by atoms with E-state index in [0.29, 0.717) is 36.1 Å². The van der Waals surface area contributed by atoms with E-state index in [4.69, 9.17) is 21.1 Å². The second-order valence-electron chi connectivity index (χ2n) is 4.32. The predicted octanol–water partition coefficient (Wildman–Crippen LogP) is 1.67. The first-order valence-corrected chi connectivity index (χ1v) is 6.51. The van der Waals surface area contributed by atoms with Crippen molar-refractivity contribution in [3.63, 3.8) is 0 Å². The van der Waals surface area contributed by atoms with Crippen LogP contribution in [0.1, 0.15) is 6.42 Å². The Balaban J connectivity index is 1.95. The number of halogens is 1. The average Bonchev–Trinajstić information content (AvgIpc) is 2.40. The van der Waals surface area contributed by atoms with Crippen molar-refractivity contribution in [3.05, 3.63) is 23.2 Å². The quantitative estimate of drug-likeness (QED) is 0.883. The number of nitrogens with one attached hydrogen (secondary N) is 2. The lowest BCUT2D eigenvalue weighted by Crippen LogP contribution is -2.43. The summed E-state index contributed by atoms with van der Waals surface area (Å²) in [7, 11) is 1.55. The average molecular weight is 285 g/mol. The van der Waals surface area contributed by atoms with Crippen molar-refractivity contribution in [2.45, 2.75) is 12.5 Å². The van der Waals surface area contributed by atoms with Crippen molar-refractivity contribution >= 4 is 23.2 Å². The normalized spacial score (nSPS) is 18.9. The molecule has 1 fully saturated rings. The van der Waals surface area contributed by atoms with E-state index in [1.165, 1.54) is 0 Å². The van der Waals surface area contributed by atoms with E-state index in [1.807, 2.05) is 0 Å². The number of hydrogen-bond acceptors (Lipinski definition) is 4. The molecule has 0 spiro atoms. The Hall–Kier alpha value is -1.30. The van der Waals surface area contributed by atoms with Crippen LogP contribution in [-0.4, -0.2) is 38.8 Å². The molecule has 19 heavy (non-hydrogen) atoms. The molecule has 1 aliphatic heterocycles. The molecule has 104 valence electrons. The van der Waals surface area contributed by atoms with Crippen LogP contribution in [-0.2, 0) is 9.53 Å². The molecule has 2 rings (SSSR count). The summed E-state index contributed by atoms with van der Waals surface area (Å²) in [6.07, 6.45) is 0.357. The van der Waals surface area contributed by atoms with E-state index in [2.05, 4.69) is 10.6 Å². The molecule has 0 aliphatic carbocycles. The Morgan fingerprint density at radius 2 is 2.47 bits per heavy atom. The monoisotopic (exact) mass is 284 g/mol. The van der Waals surface area contributed by atoms with Crippen LogP contribution in [0.15, 0.2) is 18.2 Å². The SMILES string of the molecule is COc1ccc(Cl)cc1NC(=O)CC1COCCN1. The van der Waals surface area contributed by atoms with Gasteiger partial charge in [0.1, 0.15) is 5.75 Å². The summed E-state index contributed by atoms with van der Waals surface area (Å²) in [6.45, 7) is 2.03. The molecule has 0 radical (unpaired) electrons. The van der Waals surface area contributed by atoms with Gasteiger partial charge in [-0.1, -0.05) is 11.6 Å². The zero-order valence-electron chi connectivity index (χ0n) is 10.7. The van der Waals surface area contributed by atoms with Crippen molar-refractivity contribution in [1.29, 1.82) is 0 Å². The second-order valence-corrected chi connectivity index (χ2v) is 4.76. The molecule has 1 saturated heterocycles. The molecule has 0 saturated carbocycles. The maximum atomic E-state index is 12.0. The van der Waals surface area contributed by atoms with Gasteiger partial charge in [0, 0.05) is 24.0 Å². The van der Waals surface area contributed by atoms with Crippen LogP contribution in [0.5, 0.6) is 5.75 Å². The van der Waals surface area contributed by atoms with Crippen LogP contribution in [0.25, 0.3) is 0 Å². The van der Waals surface area contributed by atoms with E-state index in [9.17, 15) is 4.79 Å². The molecule has 1 aliphatic rings. The van der Waals surface area contributed by atoms with E-state index in [0.717, 1.165) is 6.54 Å². The summed E-state index contributed by atoms with van der Waals surface area (Å²) >= 11 is 5.91. The Labute approximate surface area is 117 Å². The number of morpholine rings is 1. The van der Waals surface area contributed by atoms with E-state index in [-0.39, 0.29) is 11.9 Å². The number of hydrogen-bond donors (Lipinski definition) is 2. The topological polar surface area (TPSA) is 59.6 Å². The summed E-state index contributed by atoms with van der Waals surface area (Å²) in [5.74, 6) is 0.495. The van der Waals surface area contributed by atoms with Gasteiger partial charge in [0.2, 0.25) is 5.91 Å². The standard InChI is InChI=1S/C13H17ClN2O3/c1-18-12-3-2-9(14)6-11(12)16-13(17)7-10-8-19-5-4-15-10/h2-3,6,10,15H,4-5,7-8H2,1H3,(H,16,17). The number of rotatable bonds is 4. The molecule has 5 nitrogen and oxygen atoms in total. The minimum absolute atomic E-state index is 0.0546. The van der Waals surface area contributed by atoms with E-state index < -0.39 is 0 Å². The molecular formula is C13H17ClN2O3. The molecule has 1 unspecified atom stereocenters. The van der Waals surface area contributed by atoms with Crippen molar-refractivity contribution in [2.75, 3.05) is 32.2 Å². The molecule has 2 N–H and O–H groups in total. The fourth-order valence-corrected chi connectivity index (χ4v) is 2.13. The van der Waals surface area contributed by atoms with Crippen LogP contribution in [0, 0.1) is 0 Å². The lowest BCUT2D eigenvalue weighted by molar-refractivity contribution is -0.117. The van der Waals surface area contributed by atoms with Crippen molar-refractivity contribution in [1.82, 2.24) is 5.32 Å². The number of anilines is 1. The minimum atomic E-state index is -0.0939. The number of benzene rings is 1. The first kappa shape index (κ1) is 14.1. The predicted molar refractivity (Wildman–Crippen MR) is 73.9 cm³/mol. The smallest absolute Gasteiger partial charge is 0.226 e. The van der Waals surface area contributed by atoms with Crippen LogP contribution in [0.2, 0.25) is 5.02 Å². The van der Waals surface area contributed by atoms with E-state index >= 15 is 0 Å². The Morgan fingerprint density at radius 3 is 3.16 bits per heavy atom. The molecule has 1 amide bonds. The van der Waals surface area contributed by atoms with Crippen molar-refractivity contribution in [2.24, 2.45) is 0 Å². The van der Waals surface area contributed by atoms with Crippen molar-refractivity contribution < 1.29 is 14.3 Å². The zero-order chi connectivity index (χ0) is 13.7. The van der Waals surface area contributed by atoms with Gasteiger partial charge in [0.15, 0.2) is 0 Å². The number of methoxy groups -OCH3 is 1. The van der Waals surface area contributed by atoms with Crippen LogP contribution < -0.4 is 15.4 Å². The molecule has 1 aromatic rings. The van der Waals surface area contributed by atoms with Gasteiger partial charge in [-0.2, -0.15) is 0 Å². The van der Waals surface area contributed by atoms with Gasteiger partial charge in [-0.15, -0.1) is 0 Å². The first-order chi connectivity index (χ1) is 9.19. The van der Waals surface area contributed by atoms with Crippen LogP contribution in [0.4, 0.5) is 5.69 Å². The molecular weight excluding hydrogens is 268 g/mol. The number of amides is 1. The summed E-state index contributed by atoms with van der Waals surface area (Å²) < 4.78 is 10.5. The third-order valence-corrected chi connectivity index (χ3v) is 3.10. The van der Waals surface area contributed by atoms with Gasteiger partial charge in [0.25, 0.3) is 0 Å². The fourth-order valence-electron chi connectivity index (χ4n) is 1.95. The third-order valence-electron chi connectivity index (χ3n) is 2.87. The Morgan fingerprint density at radius 1 is 1.63 bits per heavy atom. The Kier molecular flexibility index (Phi) is 5.01. The molecule has 0 bridgehead atoms. The molecule has 1 heterocycles. The maximum Gasteiger partial charge on any atom is 0.226 e. The van der Waals surface area contributed by atoms with Crippen molar-refractivity contribution in [3.8, 4) is 5.75 Å². The fraction of sp³-hybridized carbons (Fsp3) is 0.462. The highest BCUT2D eigenvalue weighted by Gasteiger charge is 2.17. The van der Waals surface area contributed by atoms with Gasteiger partial charge >= 0.3 is 0 Å². The lowest BCUT2D eigenvalue weighted by atomic mass is 10.2. The molecule has 0 aromatic heterocycles. The van der Waals surface area contributed by atoms with Crippen LogP contribution in [0.3, 0.4) is 0 Å². The van der Waals surface area contributed by atoms with Gasteiger partial charge in [-0.05, 0) is 18.2 Å². The lowest BCUT2D eigenvalue weighted by Gasteiger charge is -2.23. The Bertz CT molecular complexity index is 448. The summed E-state index contributed by atoms with van der Waals surface area (Å²) in [4.78, 5) is 12.0. The largest absolute Gasteiger partial charge is 0.495 e. The minimum Gasteiger partial charge on any atom is -0.495 e. The molecule has 1 aromatic carbocycles. The van der Waals surface area contributed by atoms with E-state index in [1.54, 1.807) is 25.3 Å². The molecule has 1 atom stereocenters. The number of carbonyl (C=O) groups excluding carboxylic acids is 1. The van der Waals surface area contributed by atoms with Gasteiger partial charge < -0.3 is 20.1 Å². The third kappa shape index (κ3) is 4.09. The summed E-state index contributed by atoms with van der Waals surface area (Å²) in [5.41, 5.74) is 0.580. The highest BCUT2D eigenvalue weighted by atomic mass is 35.5. The summed E-state index contributed by atoms with van der Waals surface area (Å²) in [6, 6.07) is 5.16. The second kappa shape index (κ2) is 6.75. The first-order valence-electron chi connectivity index (χ1n) is 6.13. The van der Waals surface area contributed by atoms with Gasteiger partial charge in [0.05, 0.1) is 26.0 Å². The van der Waals surface area contributed by atoms with Crippen LogP contribution >= 0.6 is 11.6 Å². The van der Waals surface area contributed by atoms with Gasteiger partial charge in [-0.3, -0.25) is 4.79 Å². The highest BCUT2D eigenvalue weighted by molar-refractivity contribution is 6.31. The number of carbonyl (C=O) groups is 1. The van der Waals surface area contributed by atoms with Gasteiger partial charge in [-0.25, -0.2) is 0 Å². The number of ether oxygens (including phenoxy) is 2. The highest BCUT2D eigenvalue weighted by Crippen LogP contribution is 2.27.